The largest absolute Gasteiger partial charge is 0.454 e. The molecule has 0 saturated carbocycles. The maximum atomic E-state index is 13.9. The van der Waals surface area contributed by atoms with Crippen LogP contribution in [0.3, 0.4) is 0 Å². The second kappa shape index (κ2) is 10.5. The minimum atomic E-state index is 0.0588. The summed E-state index contributed by atoms with van der Waals surface area (Å²) in [5.41, 5.74) is 6.85. The molecule has 0 unspecified atom stereocenters. The molecule has 0 radical (unpaired) electrons. The number of carbonyl (C=O) groups excluding carboxylic acids is 1. The monoisotopic (exact) mass is 527 g/mol. The Bertz CT molecular complexity index is 1680. The molecule has 1 amide bonds. The number of ether oxygens (including phenoxy) is 2. The van der Waals surface area contributed by atoms with Crippen LogP contribution < -0.4 is 9.47 Å². The number of benzene rings is 4. The topological polar surface area (TPSA) is 54.9 Å². The zero-order valence-electron chi connectivity index (χ0n) is 22.1. The van der Waals surface area contributed by atoms with E-state index in [1.54, 1.807) is 0 Å². The first-order valence-corrected chi connectivity index (χ1v) is 13.7. The van der Waals surface area contributed by atoms with Crippen LogP contribution in [0.4, 0.5) is 0 Å². The van der Waals surface area contributed by atoms with Crippen LogP contribution in [0, 0.1) is 0 Å². The third-order valence-electron chi connectivity index (χ3n) is 7.74. The number of piperazine rings is 1. The molecule has 4 aromatic carbocycles. The Morgan fingerprint density at radius 1 is 0.700 bits per heavy atom. The lowest BCUT2D eigenvalue weighted by atomic mass is 10.00. The van der Waals surface area contributed by atoms with Crippen molar-refractivity contribution in [1.82, 2.24) is 14.8 Å². The molecular weight excluding hydrogens is 498 g/mol. The molecule has 198 valence electrons. The van der Waals surface area contributed by atoms with Gasteiger partial charge in [0.2, 0.25) is 6.79 Å². The van der Waals surface area contributed by atoms with Gasteiger partial charge in [-0.05, 0) is 41.0 Å². The summed E-state index contributed by atoms with van der Waals surface area (Å²) in [5, 5.41) is 0.889. The van der Waals surface area contributed by atoms with E-state index in [0.717, 1.165) is 58.9 Å². The molecule has 6 nitrogen and oxygen atoms in total. The number of hydrogen-bond acceptors (Lipinski definition) is 5. The Morgan fingerprint density at radius 2 is 1.40 bits per heavy atom. The molecule has 1 fully saturated rings. The van der Waals surface area contributed by atoms with Crippen molar-refractivity contribution in [2.45, 2.75) is 6.54 Å². The van der Waals surface area contributed by atoms with Crippen LogP contribution in [0.15, 0.2) is 103 Å². The molecule has 2 aliphatic heterocycles. The average Bonchev–Trinajstić information content (AvgIpc) is 3.49. The lowest BCUT2D eigenvalue weighted by Gasteiger charge is -2.35. The lowest BCUT2D eigenvalue weighted by Crippen LogP contribution is -2.48. The van der Waals surface area contributed by atoms with Gasteiger partial charge in [-0.3, -0.25) is 9.69 Å². The van der Waals surface area contributed by atoms with Crippen LogP contribution in [-0.2, 0) is 6.54 Å². The Labute approximate surface area is 233 Å². The zero-order chi connectivity index (χ0) is 26.9. The van der Waals surface area contributed by atoms with Crippen molar-refractivity contribution in [2.24, 2.45) is 0 Å². The van der Waals surface area contributed by atoms with Gasteiger partial charge in [-0.2, -0.15) is 0 Å². The van der Waals surface area contributed by atoms with Gasteiger partial charge in [0.15, 0.2) is 11.5 Å². The number of pyridine rings is 1. The summed E-state index contributed by atoms with van der Waals surface area (Å²) in [5.74, 6) is 1.67. The summed E-state index contributed by atoms with van der Waals surface area (Å²) in [6.07, 6.45) is 0. The fourth-order valence-electron chi connectivity index (χ4n) is 5.54. The maximum Gasteiger partial charge on any atom is 0.254 e. The molecule has 3 heterocycles. The van der Waals surface area contributed by atoms with Crippen LogP contribution in [0.2, 0.25) is 0 Å². The molecule has 40 heavy (non-hydrogen) atoms. The molecule has 1 saturated heterocycles. The van der Waals surface area contributed by atoms with E-state index in [-0.39, 0.29) is 12.7 Å². The number of amides is 1. The van der Waals surface area contributed by atoms with Gasteiger partial charge in [-0.1, -0.05) is 78.9 Å². The molecule has 0 aliphatic carbocycles. The Morgan fingerprint density at radius 3 is 2.23 bits per heavy atom. The van der Waals surface area contributed by atoms with Gasteiger partial charge >= 0.3 is 0 Å². The first-order chi connectivity index (χ1) is 19.7. The Balaban J connectivity index is 1.10. The predicted octanol–water partition coefficient (Wildman–Crippen LogP) is 6.26. The van der Waals surface area contributed by atoms with Gasteiger partial charge in [-0.15, -0.1) is 0 Å². The minimum Gasteiger partial charge on any atom is -0.454 e. The standard InChI is InChI=1S/C34H29N3O3/c38-34(37-18-16-36(17-19-37)22-24-10-15-32-33(20-24)40-23-39-32)29-21-31(35-30-9-5-4-8-28(29)30)27-13-11-26(12-14-27)25-6-2-1-3-7-25/h1-15,20-21H,16-19,22-23H2. The molecular formula is C34H29N3O3. The van der Waals surface area contributed by atoms with E-state index >= 15 is 0 Å². The molecule has 6 heteroatoms. The highest BCUT2D eigenvalue weighted by atomic mass is 16.7. The Hall–Kier alpha value is -4.68. The van der Waals surface area contributed by atoms with Crippen LogP contribution in [0.25, 0.3) is 33.3 Å². The SMILES string of the molecule is O=C(c1cc(-c2ccc(-c3ccccc3)cc2)nc2ccccc12)N1CCN(Cc2ccc3c(c2)OCO3)CC1. The predicted molar refractivity (Wildman–Crippen MR) is 156 cm³/mol. The van der Waals surface area contributed by atoms with Crippen LogP contribution >= 0.6 is 0 Å². The second-order valence-corrected chi connectivity index (χ2v) is 10.3. The van der Waals surface area contributed by atoms with E-state index in [2.05, 4.69) is 53.4 Å². The number of hydrogen-bond donors (Lipinski definition) is 0. The smallest absolute Gasteiger partial charge is 0.254 e. The van der Waals surface area contributed by atoms with Crippen molar-refractivity contribution in [3.63, 3.8) is 0 Å². The van der Waals surface area contributed by atoms with E-state index < -0.39 is 0 Å². The van der Waals surface area contributed by atoms with Gasteiger partial charge in [0, 0.05) is 43.7 Å². The number of carbonyl (C=O) groups is 1. The van der Waals surface area contributed by atoms with Gasteiger partial charge < -0.3 is 14.4 Å². The van der Waals surface area contributed by atoms with Gasteiger partial charge in [0.05, 0.1) is 16.8 Å². The normalized spacial score (nSPS) is 14.9. The molecule has 5 aromatic rings. The highest BCUT2D eigenvalue weighted by molar-refractivity contribution is 6.07. The highest BCUT2D eigenvalue weighted by Gasteiger charge is 2.25. The summed E-state index contributed by atoms with van der Waals surface area (Å²) in [6, 6.07) is 34.7. The second-order valence-electron chi connectivity index (χ2n) is 10.3. The lowest BCUT2D eigenvalue weighted by molar-refractivity contribution is 0.0630. The summed E-state index contributed by atoms with van der Waals surface area (Å²) < 4.78 is 11.0. The first-order valence-electron chi connectivity index (χ1n) is 13.7. The molecule has 0 bridgehead atoms. The zero-order valence-corrected chi connectivity index (χ0v) is 22.1. The molecule has 0 spiro atoms. The van der Waals surface area contributed by atoms with E-state index in [0.29, 0.717) is 18.7 Å². The fourth-order valence-corrected chi connectivity index (χ4v) is 5.54. The van der Waals surface area contributed by atoms with Crippen molar-refractivity contribution in [1.29, 1.82) is 0 Å². The number of para-hydroxylation sites is 1. The van der Waals surface area contributed by atoms with Crippen molar-refractivity contribution in [2.75, 3.05) is 33.0 Å². The first kappa shape index (κ1) is 24.4. The third kappa shape index (κ3) is 4.78. The number of aromatic nitrogens is 1. The quantitative estimate of drug-likeness (QED) is 0.270. The molecule has 1 aromatic heterocycles. The van der Waals surface area contributed by atoms with E-state index in [1.807, 2.05) is 59.5 Å². The fraction of sp³-hybridized carbons (Fsp3) is 0.176. The van der Waals surface area contributed by atoms with E-state index in [4.69, 9.17) is 14.5 Å². The van der Waals surface area contributed by atoms with Gasteiger partial charge in [-0.25, -0.2) is 4.98 Å². The molecule has 0 N–H and O–H groups in total. The van der Waals surface area contributed by atoms with E-state index in [1.165, 1.54) is 11.1 Å². The summed E-state index contributed by atoms with van der Waals surface area (Å²) in [4.78, 5) is 23.2. The van der Waals surface area contributed by atoms with Crippen molar-refractivity contribution >= 4 is 16.8 Å². The van der Waals surface area contributed by atoms with Crippen molar-refractivity contribution in [3.05, 3.63) is 114 Å². The number of nitrogens with zero attached hydrogens (tertiary/aromatic N) is 3. The molecule has 0 atom stereocenters. The van der Waals surface area contributed by atoms with Crippen molar-refractivity contribution in [3.8, 4) is 33.9 Å². The summed E-state index contributed by atoms with van der Waals surface area (Å²) >= 11 is 0. The molecule has 7 rings (SSSR count). The summed E-state index contributed by atoms with van der Waals surface area (Å²) in [6.45, 7) is 4.10. The average molecular weight is 528 g/mol. The maximum absolute atomic E-state index is 13.9. The van der Waals surface area contributed by atoms with Crippen LogP contribution in [0.1, 0.15) is 15.9 Å². The molecule has 2 aliphatic rings. The minimum absolute atomic E-state index is 0.0588. The van der Waals surface area contributed by atoms with Crippen LogP contribution in [0.5, 0.6) is 11.5 Å². The highest BCUT2D eigenvalue weighted by Crippen LogP contribution is 2.33. The van der Waals surface area contributed by atoms with Crippen LogP contribution in [-0.4, -0.2) is 53.7 Å². The Kier molecular flexibility index (Phi) is 6.38. The summed E-state index contributed by atoms with van der Waals surface area (Å²) in [7, 11) is 0. The number of fused-ring (bicyclic) bond motifs is 2. The van der Waals surface area contributed by atoms with Gasteiger partial charge in [0.1, 0.15) is 0 Å². The van der Waals surface area contributed by atoms with E-state index in [9.17, 15) is 4.79 Å². The number of rotatable bonds is 5. The third-order valence-corrected chi connectivity index (χ3v) is 7.74. The van der Waals surface area contributed by atoms with Crippen molar-refractivity contribution < 1.29 is 14.3 Å². The van der Waals surface area contributed by atoms with Gasteiger partial charge in [0.25, 0.3) is 5.91 Å².